The van der Waals surface area contributed by atoms with Gasteiger partial charge in [-0.3, -0.25) is 4.21 Å². The van der Waals surface area contributed by atoms with E-state index in [0.29, 0.717) is 5.75 Å². The Morgan fingerprint density at radius 2 is 2.00 bits per heavy atom. The predicted molar refractivity (Wildman–Crippen MR) is 74.8 cm³/mol. The number of hydrogen-bond donors (Lipinski definition) is 1. The quantitative estimate of drug-likeness (QED) is 0.746. The Hall–Kier alpha value is -0.230. The van der Waals surface area contributed by atoms with Crippen molar-refractivity contribution in [3.05, 3.63) is 28.7 Å². The molecule has 0 aliphatic heterocycles. The van der Waals surface area contributed by atoms with Crippen LogP contribution in [0.15, 0.2) is 33.6 Å². The van der Waals surface area contributed by atoms with Gasteiger partial charge in [-0.1, -0.05) is 15.9 Å². The van der Waals surface area contributed by atoms with Gasteiger partial charge >= 0.3 is 0 Å². The predicted octanol–water partition coefficient (Wildman–Crippen LogP) is 2.18. The van der Waals surface area contributed by atoms with Crippen molar-refractivity contribution in [2.24, 2.45) is 0 Å². The summed E-state index contributed by atoms with van der Waals surface area (Å²) < 4.78 is 17.8. The smallest absolute Gasteiger partial charge is 0.0587 e. The van der Waals surface area contributed by atoms with Gasteiger partial charge in [0, 0.05) is 28.8 Å². The lowest BCUT2D eigenvalue weighted by Gasteiger charge is -2.04. The Balaban J connectivity index is 2.19. The zero-order valence-corrected chi connectivity index (χ0v) is 12.4. The van der Waals surface area contributed by atoms with Crippen LogP contribution in [-0.4, -0.2) is 36.8 Å². The van der Waals surface area contributed by atoms with E-state index in [0.717, 1.165) is 35.5 Å². The Kier molecular flexibility index (Phi) is 7.68. The van der Waals surface area contributed by atoms with Gasteiger partial charge in [0.25, 0.3) is 0 Å². The fourth-order valence-electron chi connectivity index (χ4n) is 1.33. The van der Waals surface area contributed by atoms with Crippen molar-refractivity contribution in [2.45, 2.75) is 11.3 Å². The van der Waals surface area contributed by atoms with Crippen LogP contribution in [0.1, 0.15) is 6.42 Å². The topological polar surface area (TPSA) is 38.3 Å². The first-order valence-electron chi connectivity index (χ1n) is 5.57. The fraction of sp³-hybridized carbons (Fsp3) is 0.500. The summed E-state index contributed by atoms with van der Waals surface area (Å²) in [6.45, 7) is 2.45. The van der Waals surface area contributed by atoms with Crippen molar-refractivity contribution in [2.75, 3.05) is 32.6 Å². The molecule has 1 atom stereocenters. The van der Waals surface area contributed by atoms with Gasteiger partial charge in [-0.15, -0.1) is 0 Å². The van der Waals surface area contributed by atoms with Crippen LogP contribution in [0.4, 0.5) is 0 Å². The summed E-state index contributed by atoms with van der Waals surface area (Å²) in [6, 6.07) is 7.64. The van der Waals surface area contributed by atoms with Crippen LogP contribution >= 0.6 is 15.9 Å². The van der Waals surface area contributed by atoms with Crippen molar-refractivity contribution in [1.29, 1.82) is 0 Å². The zero-order chi connectivity index (χ0) is 12.5. The number of ether oxygens (including phenoxy) is 1. The van der Waals surface area contributed by atoms with Gasteiger partial charge < -0.3 is 10.1 Å². The molecule has 0 heterocycles. The van der Waals surface area contributed by atoms with Crippen LogP contribution < -0.4 is 5.32 Å². The molecule has 0 bridgehead atoms. The van der Waals surface area contributed by atoms with Crippen LogP contribution in [0.2, 0.25) is 0 Å². The van der Waals surface area contributed by atoms with Crippen LogP contribution in [0.5, 0.6) is 0 Å². The van der Waals surface area contributed by atoms with Crippen molar-refractivity contribution < 1.29 is 8.95 Å². The maximum atomic E-state index is 11.9. The molecule has 1 N–H and O–H groups in total. The van der Waals surface area contributed by atoms with Gasteiger partial charge in [-0.2, -0.15) is 0 Å². The lowest BCUT2D eigenvalue weighted by atomic mass is 10.4. The summed E-state index contributed by atoms with van der Waals surface area (Å²) in [7, 11) is 0.794. The minimum Gasteiger partial charge on any atom is -0.383 e. The summed E-state index contributed by atoms with van der Waals surface area (Å²) in [5.41, 5.74) is 0. The van der Waals surface area contributed by atoms with E-state index in [9.17, 15) is 4.21 Å². The molecule has 1 aromatic carbocycles. The number of methoxy groups -OCH3 is 1. The molecule has 5 heteroatoms. The SMILES string of the molecule is COCCNCCCS(=O)c1ccc(Br)cc1. The number of halogens is 1. The summed E-state index contributed by atoms with van der Waals surface area (Å²) >= 11 is 3.36. The molecule has 3 nitrogen and oxygen atoms in total. The maximum absolute atomic E-state index is 11.9. The average molecular weight is 320 g/mol. The molecule has 0 aliphatic carbocycles. The van der Waals surface area contributed by atoms with Gasteiger partial charge in [0.15, 0.2) is 0 Å². The molecule has 0 aliphatic rings. The Bertz CT molecular complexity index is 343. The van der Waals surface area contributed by atoms with E-state index in [-0.39, 0.29) is 0 Å². The first-order chi connectivity index (χ1) is 8.24. The molecule has 1 rings (SSSR count). The summed E-state index contributed by atoms with van der Waals surface area (Å²) in [4.78, 5) is 0.894. The van der Waals surface area contributed by atoms with E-state index < -0.39 is 10.8 Å². The second kappa shape index (κ2) is 8.80. The van der Waals surface area contributed by atoms with E-state index in [1.807, 2.05) is 24.3 Å². The highest BCUT2D eigenvalue weighted by Gasteiger charge is 2.02. The minimum absolute atomic E-state index is 0.696. The average Bonchev–Trinajstić information content (AvgIpc) is 2.34. The molecular formula is C12H18BrNO2S. The molecule has 17 heavy (non-hydrogen) atoms. The lowest BCUT2D eigenvalue weighted by molar-refractivity contribution is 0.199. The second-order valence-corrected chi connectivity index (χ2v) is 6.09. The molecule has 96 valence electrons. The molecule has 0 aromatic heterocycles. The maximum Gasteiger partial charge on any atom is 0.0587 e. The normalized spacial score (nSPS) is 12.6. The molecule has 0 spiro atoms. The van der Waals surface area contributed by atoms with Gasteiger partial charge in [0.2, 0.25) is 0 Å². The molecular weight excluding hydrogens is 302 g/mol. The van der Waals surface area contributed by atoms with E-state index in [4.69, 9.17) is 4.74 Å². The van der Waals surface area contributed by atoms with E-state index >= 15 is 0 Å². The molecule has 0 fully saturated rings. The first-order valence-corrected chi connectivity index (χ1v) is 7.69. The number of benzene rings is 1. The largest absolute Gasteiger partial charge is 0.383 e. The van der Waals surface area contributed by atoms with Gasteiger partial charge in [0.05, 0.1) is 17.4 Å². The van der Waals surface area contributed by atoms with Crippen molar-refractivity contribution in [1.82, 2.24) is 5.32 Å². The molecule has 1 aromatic rings. The van der Waals surface area contributed by atoms with Gasteiger partial charge in [0.1, 0.15) is 0 Å². The third-order valence-electron chi connectivity index (χ3n) is 2.24. The van der Waals surface area contributed by atoms with E-state index in [1.54, 1.807) is 7.11 Å². The lowest BCUT2D eigenvalue weighted by Crippen LogP contribution is -2.21. The highest BCUT2D eigenvalue weighted by atomic mass is 79.9. The number of nitrogens with one attached hydrogen (secondary N) is 1. The van der Waals surface area contributed by atoms with Crippen LogP contribution in [0.25, 0.3) is 0 Å². The zero-order valence-electron chi connectivity index (χ0n) is 9.95. The van der Waals surface area contributed by atoms with Gasteiger partial charge in [-0.05, 0) is 37.2 Å². The van der Waals surface area contributed by atoms with Crippen LogP contribution in [0.3, 0.4) is 0 Å². The summed E-state index contributed by atoms with van der Waals surface area (Å²) in [5, 5.41) is 3.24. The molecule has 0 saturated carbocycles. The Labute approximate surface area is 114 Å². The number of rotatable bonds is 8. The molecule has 0 saturated heterocycles. The fourth-order valence-corrected chi connectivity index (χ4v) is 2.68. The monoisotopic (exact) mass is 319 g/mol. The number of hydrogen-bond acceptors (Lipinski definition) is 3. The molecule has 0 radical (unpaired) electrons. The van der Waals surface area contributed by atoms with Crippen LogP contribution in [0, 0.1) is 0 Å². The Morgan fingerprint density at radius 3 is 2.65 bits per heavy atom. The van der Waals surface area contributed by atoms with Gasteiger partial charge in [-0.25, -0.2) is 0 Å². The molecule has 0 amide bonds. The third kappa shape index (κ3) is 6.31. The first kappa shape index (κ1) is 14.8. The van der Waals surface area contributed by atoms with Crippen molar-refractivity contribution in [3.63, 3.8) is 0 Å². The molecule has 1 unspecified atom stereocenters. The van der Waals surface area contributed by atoms with E-state index in [1.165, 1.54) is 0 Å². The van der Waals surface area contributed by atoms with E-state index in [2.05, 4.69) is 21.2 Å². The second-order valence-electron chi connectivity index (χ2n) is 3.60. The highest BCUT2D eigenvalue weighted by molar-refractivity contribution is 9.10. The van der Waals surface area contributed by atoms with Crippen molar-refractivity contribution >= 4 is 26.7 Å². The standard InChI is InChI=1S/C12H18BrNO2S/c1-16-9-8-14-7-2-10-17(15)12-5-3-11(13)4-6-12/h3-6,14H,2,7-10H2,1H3. The summed E-state index contributed by atoms with van der Waals surface area (Å²) in [5.74, 6) is 0.696. The summed E-state index contributed by atoms with van der Waals surface area (Å²) in [6.07, 6.45) is 0.909. The minimum atomic E-state index is -0.891. The van der Waals surface area contributed by atoms with Crippen LogP contribution in [-0.2, 0) is 15.5 Å². The Morgan fingerprint density at radius 1 is 1.29 bits per heavy atom. The van der Waals surface area contributed by atoms with Crippen molar-refractivity contribution in [3.8, 4) is 0 Å². The highest BCUT2D eigenvalue weighted by Crippen LogP contribution is 2.13. The third-order valence-corrected chi connectivity index (χ3v) is 4.23.